The lowest BCUT2D eigenvalue weighted by Crippen LogP contribution is -2.32. The number of anilines is 2. The Morgan fingerprint density at radius 3 is 2.47 bits per heavy atom. The zero-order valence-corrected chi connectivity index (χ0v) is 23.7. The number of phosphoric ester groups is 1. The number of carbonyl (C=O) groups is 2. The van der Waals surface area contributed by atoms with Crippen LogP contribution in [-0.4, -0.2) is 28.1 Å². The number of amides is 2. The molecule has 0 saturated carbocycles. The molecule has 3 N–H and O–H groups in total. The van der Waals surface area contributed by atoms with Gasteiger partial charge in [-0.3, -0.25) is 14.1 Å². The van der Waals surface area contributed by atoms with Crippen molar-refractivity contribution in [3.05, 3.63) is 94.6 Å². The first-order valence-electron chi connectivity index (χ1n) is 12.2. The number of fused-ring (bicyclic) bond motifs is 1. The summed E-state index contributed by atoms with van der Waals surface area (Å²) in [6.45, 7) is 15.2. The van der Waals surface area contributed by atoms with Crippen LogP contribution in [0.3, 0.4) is 0 Å². The van der Waals surface area contributed by atoms with Gasteiger partial charge in [-0.15, -0.1) is 0 Å². The molecule has 1 heterocycles. The molecule has 0 fully saturated rings. The Morgan fingerprint density at radius 2 is 1.89 bits per heavy atom. The summed E-state index contributed by atoms with van der Waals surface area (Å²) in [5, 5.41) is 3.17. The summed E-state index contributed by atoms with van der Waals surface area (Å²) < 4.78 is 16.5. The molecule has 0 aliphatic carbocycles. The van der Waals surface area contributed by atoms with Crippen molar-refractivity contribution in [3.8, 4) is 0 Å². The summed E-state index contributed by atoms with van der Waals surface area (Å²) in [5.41, 5.74) is 3.47. The van der Waals surface area contributed by atoms with E-state index in [0.717, 1.165) is 0 Å². The molecule has 3 rings (SSSR count). The van der Waals surface area contributed by atoms with Crippen molar-refractivity contribution in [2.24, 2.45) is 0 Å². The van der Waals surface area contributed by atoms with Gasteiger partial charge in [0.1, 0.15) is 0 Å². The molecule has 1 aliphatic rings. The van der Waals surface area contributed by atoms with Gasteiger partial charge >= 0.3 is 7.82 Å². The van der Waals surface area contributed by atoms with Crippen molar-refractivity contribution in [1.82, 2.24) is 0 Å². The van der Waals surface area contributed by atoms with E-state index >= 15 is 0 Å². The van der Waals surface area contributed by atoms with Crippen molar-refractivity contribution in [3.63, 3.8) is 0 Å². The minimum atomic E-state index is -4.76. The topological polar surface area (TPSA) is 116 Å². The number of carbonyl (C=O) groups excluding carboxylic acids is 2. The Morgan fingerprint density at radius 1 is 1.21 bits per heavy atom. The van der Waals surface area contributed by atoms with Gasteiger partial charge < -0.3 is 20.0 Å². The zero-order valence-electron chi connectivity index (χ0n) is 22.0. The highest BCUT2D eigenvalue weighted by Gasteiger charge is 2.32. The van der Waals surface area contributed by atoms with Crippen molar-refractivity contribution < 1.29 is 28.5 Å². The number of rotatable bonds is 7. The Bertz CT molecular complexity index is 1300. The predicted octanol–water partition coefficient (Wildman–Crippen LogP) is 6.89. The SMILES string of the molecule is C=C/C=C(\C(=C)C)C(=O)Nc1ccc(C(=O)N2CCCC(OP(=O)(O)O)c3cc(Cl)ccc32)c(C)c1.CC. The predicted molar refractivity (Wildman–Crippen MR) is 152 cm³/mol. The van der Waals surface area contributed by atoms with Crippen LogP contribution in [0.15, 0.2) is 72.9 Å². The van der Waals surface area contributed by atoms with E-state index < -0.39 is 13.9 Å². The average molecular weight is 561 g/mol. The van der Waals surface area contributed by atoms with E-state index in [1.807, 2.05) is 13.8 Å². The Balaban J connectivity index is 0.00000247. The smallest absolute Gasteiger partial charge is 0.322 e. The fraction of sp³-hybridized carbons (Fsp3) is 0.286. The second kappa shape index (κ2) is 13.7. The van der Waals surface area contributed by atoms with Gasteiger partial charge in [0, 0.05) is 39.6 Å². The molecule has 0 radical (unpaired) electrons. The molecule has 0 bridgehead atoms. The fourth-order valence-corrected chi connectivity index (χ4v) is 4.81. The number of nitrogens with one attached hydrogen (secondary N) is 1. The molecular formula is C28H34ClN2O6P. The lowest BCUT2D eigenvalue weighted by Gasteiger charge is -2.25. The number of benzene rings is 2. The van der Waals surface area contributed by atoms with Gasteiger partial charge in [0.25, 0.3) is 11.8 Å². The molecule has 1 atom stereocenters. The van der Waals surface area contributed by atoms with Gasteiger partial charge in [-0.25, -0.2) is 4.57 Å². The maximum atomic E-state index is 13.6. The Kier molecular flexibility index (Phi) is 11.2. The molecule has 2 aromatic rings. The number of halogens is 1. The fourth-order valence-electron chi connectivity index (χ4n) is 4.08. The number of hydrogen-bond acceptors (Lipinski definition) is 4. The highest BCUT2D eigenvalue weighted by atomic mass is 35.5. The monoisotopic (exact) mass is 560 g/mol. The maximum Gasteiger partial charge on any atom is 0.470 e. The van der Waals surface area contributed by atoms with Gasteiger partial charge in [0.05, 0.1) is 6.10 Å². The van der Waals surface area contributed by atoms with Crippen LogP contribution in [0.1, 0.15) is 61.2 Å². The largest absolute Gasteiger partial charge is 0.470 e. The molecule has 1 aliphatic heterocycles. The van der Waals surface area contributed by atoms with E-state index in [1.165, 1.54) is 6.08 Å². The lowest BCUT2D eigenvalue weighted by molar-refractivity contribution is -0.112. The minimum Gasteiger partial charge on any atom is -0.322 e. The van der Waals surface area contributed by atoms with Crippen molar-refractivity contribution >= 4 is 42.6 Å². The van der Waals surface area contributed by atoms with Crippen LogP contribution < -0.4 is 10.2 Å². The number of nitrogens with zero attached hydrogens (tertiary/aromatic N) is 1. The summed E-state index contributed by atoms with van der Waals surface area (Å²) in [6, 6.07) is 9.80. The van der Waals surface area contributed by atoms with Crippen molar-refractivity contribution in [2.45, 2.75) is 46.6 Å². The molecule has 0 aromatic heterocycles. The second-order valence-corrected chi connectivity index (χ2v) is 10.1. The Labute approximate surface area is 228 Å². The van der Waals surface area contributed by atoms with E-state index in [1.54, 1.807) is 61.2 Å². The molecule has 0 spiro atoms. The average Bonchev–Trinajstić information content (AvgIpc) is 3.01. The second-order valence-electron chi connectivity index (χ2n) is 8.47. The first-order valence-corrected chi connectivity index (χ1v) is 14.1. The first kappa shape index (κ1) is 31.2. The normalized spacial score (nSPS) is 15.4. The van der Waals surface area contributed by atoms with Crippen LogP contribution in [0.25, 0.3) is 0 Å². The number of allylic oxidation sites excluding steroid dienone is 2. The van der Waals surface area contributed by atoms with E-state index in [-0.39, 0.29) is 11.8 Å². The lowest BCUT2D eigenvalue weighted by atomic mass is 10.0. The first-order chi connectivity index (χ1) is 17.9. The van der Waals surface area contributed by atoms with E-state index in [4.69, 9.17) is 16.1 Å². The van der Waals surface area contributed by atoms with Crippen LogP contribution in [0.5, 0.6) is 0 Å². The Hall–Kier alpha value is -3.00. The van der Waals surface area contributed by atoms with Gasteiger partial charge in [-0.05, 0) is 80.3 Å². The highest BCUT2D eigenvalue weighted by molar-refractivity contribution is 7.46. The van der Waals surface area contributed by atoms with Gasteiger partial charge in [0.15, 0.2) is 0 Å². The molecule has 38 heavy (non-hydrogen) atoms. The summed E-state index contributed by atoms with van der Waals surface area (Å²) in [5.74, 6) is -0.629. The molecule has 8 nitrogen and oxygen atoms in total. The standard InChI is InChI=1S/C26H28ClN2O6P.C2H6/c1-5-7-20(16(2)3)25(30)28-19-10-11-21(17(4)14-19)26(31)29-13-6-8-24(35-36(32,33)34)22-15-18(27)9-12-23(22)29;1-2/h5,7,9-12,14-15,24H,1-2,6,8,13H2,3-4H3,(H,28,30)(H2,32,33,34);1-2H3/b20-7+;. The molecule has 204 valence electrons. The van der Waals surface area contributed by atoms with Gasteiger partial charge in [0.2, 0.25) is 0 Å². The van der Waals surface area contributed by atoms with Gasteiger partial charge in [-0.2, -0.15) is 0 Å². The molecule has 2 aromatic carbocycles. The quantitative estimate of drug-likeness (QED) is 0.193. The third-order valence-corrected chi connectivity index (χ3v) is 6.45. The van der Waals surface area contributed by atoms with Crippen LogP contribution in [0.4, 0.5) is 11.4 Å². The van der Waals surface area contributed by atoms with Gasteiger partial charge in [-0.1, -0.05) is 44.7 Å². The van der Waals surface area contributed by atoms with Crippen LogP contribution >= 0.6 is 19.4 Å². The summed E-state index contributed by atoms with van der Waals surface area (Å²) >= 11 is 6.15. The highest BCUT2D eigenvalue weighted by Crippen LogP contribution is 2.47. The summed E-state index contributed by atoms with van der Waals surface area (Å²) in [6.07, 6.45) is 2.93. The van der Waals surface area contributed by atoms with E-state index in [9.17, 15) is 23.9 Å². The number of hydrogen-bond donors (Lipinski definition) is 3. The van der Waals surface area contributed by atoms with Crippen molar-refractivity contribution in [1.29, 1.82) is 0 Å². The summed E-state index contributed by atoms with van der Waals surface area (Å²) in [4.78, 5) is 46.5. The third kappa shape index (κ3) is 8.00. The molecule has 2 amide bonds. The molecule has 0 saturated heterocycles. The third-order valence-electron chi connectivity index (χ3n) is 5.69. The minimum absolute atomic E-state index is 0.292. The summed E-state index contributed by atoms with van der Waals surface area (Å²) in [7, 11) is -4.76. The zero-order chi connectivity index (χ0) is 28.6. The maximum absolute atomic E-state index is 13.6. The van der Waals surface area contributed by atoms with Crippen molar-refractivity contribution in [2.75, 3.05) is 16.8 Å². The van der Waals surface area contributed by atoms with E-state index in [0.29, 0.717) is 63.6 Å². The number of aryl methyl sites for hydroxylation is 1. The molecule has 1 unspecified atom stereocenters. The van der Waals surface area contributed by atoms with Crippen LogP contribution in [0.2, 0.25) is 5.02 Å². The van der Waals surface area contributed by atoms with E-state index in [2.05, 4.69) is 18.5 Å². The molecule has 10 heteroatoms. The number of phosphoric acid groups is 1. The molecular weight excluding hydrogens is 527 g/mol. The van der Waals surface area contributed by atoms with Crippen LogP contribution in [-0.2, 0) is 13.9 Å². The van der Waals surface area contributed by atoms with Crippen LogP contribution in [0, 0.1) is 6.92 Å².